The lowest BCUT2D eigenvalue weighted by molar-refractivity contribution is -0.161. The zero-order valence-corrected chi connectivity index (χ0v) is 35.4. The number of hydrogen-bond acceptors (Lipinski definition) is 8. The smallest absolute Gasteiger partial charge is 0.462 e. The molecule has 0 aromatic heterocycles. The molecule has 0 saturated carbocycles. The van der Waals surface area contributed by atoms with Crippen molar-refractivity contribution in [3.05, 3.63) is 12.2 Å². The van der Waals surface area contributed by atoms with Crippen LogP contribution in [0.25, 0.3) is 0 Å². The van der Waals surface area contributed by atoms with E-state index in [2.05, 4.69) is 26.0 Å². The molecule has 0 radical (unpaired) electrons. The Morgan fingerprint density at radius 3 is 1.36 bits per heavy atom. The molecule has 53 heavy (non-hydrogen) atoms. The molecule has 9 nitrogen and oxygen atoms in total. The first-order chi connectivity index (χ1) is 25.8. The minimum Gasteiger partial charge on any atom is -0.462 e. The summed E-state index contributed by atoms with van der Waals surface area (Å²) in [5.41, 5.74) is 5.34. The molecule has 0 aliphatic carbocycles. The number of carbonyl (C=O) groups excluding carboxylic acids is 2. The summed E-state index contributed by atoms with van der Waals surface area (Å²) >= 11 is 0. The summed E-state index contributed by atoms with van der Waals surface area (Å²) in [5, 5.41) is 0. The second-order valence-corrected chi connectivity index (χ2v) is 16.4. The Kier molecular flexibility index (Phi) is 39.5. The van der Waals surface area contributed by atoms with Gasteiger partial charge in [0, 0.05) is 19.4 Å². The van der Waals surface area contributed by atoms with Gasteiger partial charge in [0.25, 0.3) is 0 Å². The Hall–Kier alpha value is -1.25. The third kappa shape index (κ3) is 40.2. The minimum atomic E-state index is -4.37. The first-order valence-corrected chi connectivity index (χ1v) is 23.7. The summed E-state index contributed by atoms with van der Waals surface area (Å²) in [6.45, 7) is 3.74. The summed E-state index contributed by atoms with van der Waals surface area (Å²) in [4.78, 5) is 34.8. The van der Waals surface area contributed by atoms with Crippen LogP contribution in [-0.2, 0) is 32.7 Å². The number of esters is 2. The number of nitrogens with two attached hydrogens (primary N) is 1. The molecule has 0 aromatic rings. The fourth-order valence-corrected chi connectivity index (χ4v) is 7.10. The molecule has 0 aliphatic heterocycles. The molecule has 1 unspecified atom stereocenters. The number of hydrogen-bond donors (Lipinski definition) is 2. The monoisotopic (exact) mass is 774 g/mol. The molecule has 0 aromatic carbocycles. The SMILES string of the molecule is CCCCCCCC/C=C/CCCCCC(=O)O[C@@H](COC(=O)CCCCCCCCCCCCCCCCCCCCC)COP(=O)(O)OCCN. The number of unbranched alkanes of at least 4 members (excludes halogenated alkanes) is 27. The van der Waals surface area contributed by atoms with Crippen molar-refractivity contribution >= 4 is 19.8 Å². The molecule has 314 valence electrons. The van der Waals surface area contributed by atoms with Gasteiger partial charge >= 0.3 is 19.8 Å². The van der Waals surface area contributed by atoms with E-state index in [0.717, 1.165) is 44.9 Å². The van der Waals surface area contributed by atoms with Crippen molar-refractivity contribution in [3.8, 4) is 0 Å². The maximum Gasteiger partial charge on any atom is 0.472 e. The highest BCUT2D eigenvalue weighted by atomic mass is 31.2. The zero-order chi connectivity index (χ0) is 38.9. The first-order valence-electron chi connectivity index (χ1n) is 22.2. The number of allylic oxidation sites excluding steroid dienone is 2. The fraction of sp³-hybridized carbons (Fsp3) is 0.907. The summed E-state index contributed by atoms with van der Waals surface area (Å²) in [7, 11) is -4.37. The van der Waals surface area contributed by atoms with Gasteiger partial charge in [-0.15, -0.1) is 0 Å². The molecule has 2 atom stereocenters. The van der Waals surface area contributed by atoms with Crippen molar-refractivity contribution in [2.45, 2.75) is 225 Å². The van der Waals surface area contributed by atoms with Crippen molar-refractivity contribution in [1.82, 2.24) is 0 Å². The Morgan fingerprint density at radius 2 is 0.925 bits per heavy atom. The van der Waals surface area contributed by atoms with Gasteiger partial charge in [0.05, 0.1) is 13.2 Å². The van der Waals surface area contributed by atoms with Crippen LogP contribution in [-0.4, -0.2) is 49.3 Å². The lowest BCUT2D eigenvalue weighted by Crippen LogP contribution is -2.29. The Balaban J connectivity index is 4.08. The molecular weight excluding hydrogens is 689 g/mol. The average molecular weight is 774 g/mol. The van der Waals surface area contributed by atoms with Gasteiger partial charge in [0.1, 0.15) is 6.61 Å². The van der Waals surface area contributed by atoms with Crippen LogP contribution in [0, 0.1) is 0 Å². The summed E-state index contributed by atoms with van der Waals surface area (Å²) in [5.74, 6) is -0.836. The van der Waals surface area contributed by atoms with Crippen LogP contribution in [0.15, 0.2) is 12.2 Å². The van der Waals surface area contributed by atoms with E-state index in [9.17, 15) is 19.0 Å². The second kappa shape index (κ2) is 40.4. The Morgan fingerprint density at radius 1 is 0.547 bits per heavy atom. The average Bonchev–Trinajstić information content (AvgIpc) is 3.14. The third-order valence-electron chi connectivity index (χ3n) is 9.65. The van der Waals surface area contributed by atoms with Gasteiger partial charge in [-0.3, -0.25) is 18.6 Å². The van der Waals surface area contributed by atoms with E-state index in [1.807, 2.05) is 0 Å². The van der Waals surface area contributed by atoms with Gasteiger partial charge in [-0.1, -0.05) is 180 Å². The predicted octanol–water partition coefficient (Wildman–Crippen LogP) is 12.6. The van der Waals surface area contributed by atoms with E-state index < -0.39 is 26.5 Å². The summed E-state index contributed by atoms with van der Waals surface area (Å²) in [6, 6.07) is 0. The Labute approximate surface area is 326 Å². The number of rotatable bonds is 42. The normalized spacial score (nSPS) is 13.4. The van der Waals surface area contributed by atoms with E-state index in [1.54, 1.807) is 0 Å². The van der Waals surface area contributed by atoms with E-state index in [1.165, 1.54) is 141 Å². The molecule has 0 rings (SSSR count). The van der Waals surface area contributed by atoms with Crippen LogP contribution >= 0.6 is 7.82 Å². The topological polar surface area (TPSA) is 134 Å². The number of ether oxygens (including phenoxy) is 2. The number of phosphoric acid groups is 1. The second-order valence-electron chi connectivity index (χ2n) is 14.9. The van der Waals surface area contributed by atoms with E-state index in [-0.39, 0.29) is 38.6 Å². The number of phosphoric ester groups is 1. The zero-order valence-electron chi connectivity index (χ0n) is 34.5. The largest absolute Gasteiger partial charge is 0.472 e. The highest BCUT2D eigenvalue weighted by molar-refractivity contribution is 7.47. The first kappa shape index (κ1) is 51.8. The van der Waals surface area contributed by atoms with Gasteiger partial charge in [-0.2, -0.15) is 0 Å². The molecule has 0 spiro atoms. The van der Waals surface area contributed by atoms with Gasteiger partial charge in [-0.25, -0.2) is 4.57 Å². The van der Waals surface area contributed by atoms with Gasteiger partial charge in [-0.05, 0) is 38.5 Å². The number of carbonyl (C=O) groups is 2. The van der Waals surface area contributed by atoms with Crippen molar-refractivity contribution in [2.75, 3.05) is 26.4 Å². The molecule has 0 heterocycles. The molecule has 10 heteroatoms. The third-order valence-corrected chi connectivity index (χ3v) is 10.6. The van der Waals surface area contributed by atoms with Crippen molar-refractivity contribution in [2.24, 2.45) is 5.73 Å². The quantitative estimate of drug-likeness (QED) is 0.0269. The molecular formula is C43H84NO8P. The molecule has 3 N–H and O–H groups in total. The van der Waals surface area contributed by atoms with Crippen LogP contribution in [0.3, 0.4) is 0 Å². The molecule has 0 amide bonds. The lowest BCUT2D eigenvalue weighted by atomic mass is 10.0. The van der Waals surface area contributed by atoms with Crippen molar-refractivity contribution in [3.63, 3.8) is 0 Å². The summed E-state index contributed by atoms with van der Waals surface area (Å²) < 4.78 is 32.7. The van der Waals surface area contributed by atoms with E-state index in [4.69, 9.17) is 24.3 Å². The standard InChI is InChI=1S/C43H84NO8P/c1-3-5-7-9-11-13-15-17-18-19-20-21-22-24-25-27-29-31-33-35-42(45)49-39-41(40-51-53(47,48)50-38-37-44)52-43(46)36-34-32-30-28-26-23-16-14-12-10-8-6-4-2/h23,26,41H,3-22,24-25,27-40,44H2,1-2H3,(H,47,48)/b26-23+/t41-/m0/s1. The fourth-order valence-electron chi connectivity index (χ4n) is 6.34. The highest BCUT2D eigenvalue weighted by Gasteiger charge is 2.26. The predicted molar refractivity (Wildman–Crippen MR) is 220 cm³/mol. The minimum absolute atomic E-state index is 0.0539. The van der Waals surface area contributed by atoms with Crippen molar-refractivity contribution < 1.29 is 37.6 Å². The van der Waals surface area contributed by atoms with Crippen molar-refractivity contribution in [1.29, 1.82) is 0 Å². The maximum absolute atomic E-state index is 12.5. The molecule has 0 saturated heterocycles. The van der Waals surface area contributed by atoms with Crippen LogP contribution in [0.5, 0.6) is 0 Å². The van der Waals surface area contributed by atoms with E-state index in [0.29, 0.717) is 6.42 Å². The van der Waals surface area contributed by atoms with Gasteiger partial charge < -0.3 is 20.1 Å². The van der Waals surface area contributed by atoms with Gasteiger partial charge in [0.2, 0.25) is 0 Å². The maximum atomic E-state index is 12.5. The molecule has 0 aliphatic rings. The van der Waals surface area contributed by atoms with Crippen LogP contribution < -0.4 is 5.73 Å². The molecule has 0 fully saturated rings. The van der Waals surface area contributed by atoms with Crippen LogP contribution in [0.1, 0.15) is 219 Å². The molecule has 0 bridgehead atoms. The highest BCUT2D eigenvalue weighted by Crippen LogP contribution is 2.43. The summed E-state index contributed by atoms with van der Waals surface area (Å²) in [6.07, 6.45) is 41.0. The van der Waals surface area contributed by atoms with Gasteiger partial charge in [0.15, 0.2) is 6.10 Å². The van der Waals surface area contributed by atoms with E-state index >= 15 is 0 Å². The lowest BCUT2D eigenvalue weighted by Gasteiger charge is -2.19. The Bertz CT molecular complexity index is 886. The van der Waals surface area contributed by atoms with Crippen LogP contribution in [0.2, 0.25) is 0 Å². The van der Waals surface area contributed by atoms with Crippen LogP contribution in [0.4, 0.5) is 0 Å².